The molecule has 0 radical (unpaired) electrons. The number of tetrazole rings is 1. The van der Waals surface area contributed by atoms with E-state index in [9.17, 15) is 0 Å². The van der Waals surface area contributed by atoms with Crippen LogP contribution in [0.25, 0.3) is 0 Å². The highest BCUT2D eigenvalue weighted by Gasteiger charge is 2.12. The average Bonchev–Trinajstić information content (AvgIpc) is 2.10. The minimum absolute atomic E-state index is 0.285. The summed E-state index contributed by atoms with van der Waals surface area (Å²) in [5.41, 5.74) is 5.46. The molecule has 0 atom stereocenters. The van der Waals surface area contributed by atoms with Crippen LogP contribution in [0.1, 0.15) is 19.7 Å². The lowest BCUT2D eigenvalue weighted by atomic mass is 10.1. The van der Waals surface area contributed by atoms with Crippen LogP contribution in [0.3, 0.4) is 0 Å². The first-order valence-corrected chi connectivity index (χ1v) is 3.51. The number of hydrogen-bond acceptors (Lipinski definition) is 4. The standard InChI is InChI=1S/C6H13N5/c1-5-8-10-11(9-5)4-6(2,3)7/h4,7H2,1-3H3. The molecule has 62 valence electrons. The smallest absolute Gasteiger partial charge is 0.171 e. The molecule has 0 aliphatic heterocycles. The molecule has 0 fully saturated rings. The van der Waals surface area contributed by atoms with E-state index in [4.69, 9.17) is 5.73 Å². The van der Waals surface area contributed by atoms with E-state index in [1.165, 1.54) is 4.80 Å². The maximum absolute atomic E-state index is 5.75. The van der Waals surface area contributed by atoms with Crippen molar-refractivity contribution in [1.82, 2.24) is 20.2 Å². The van der Waals surface area contributed by atoms with E-state index in [2.05, 4.69) is 15.4 Å². The maximum Gasteiger partial charge on any atom is 0.171 e. The van der Waals surface area contributed by atoms with Crippen molar-refractivity contribution in [1.29, 1.82) is 0 Å². The van der Waals surface area contributed by atoms with Gasteiger partial charge in [0.15, 0.2) is 5.82 Å². The van der Waals surface area contributed by atoms with Gasteiger partial charge in [-0.15, -0.1) is 10.2 Å². The minimum Gasteiger partial charge on any atom is -0.324 e. The van der Waals surface area contributed by atoms with Crippen molar-refractivity contribution in [3.05, 3.63) is 5.82 Å². The molecule has 0 saturated heterocycles. The van der Waals surface area contributed by atoms with Gasteiger partial charge >= 0.3 is 0 Å². The fourth-order valence-electron chi connectivity index (χ4n) is 0.755. The molecule has 0 aliphatic rings. The molecule has 0 aliphatic carbocycles. The van der Waals surface area contributed by atoms with Crippen molar-refractivity contribution in [3.8, 4) is 0 Å². The number of rotatable bonds is 2. The lowest BCUT2D eigenvalue weighted by Gasteiger charge is -2.15. The zero-order chi connectivity index (χ0) is 8.48. The Hall–Kier alpha value is -0.970. The molecule has 2 N–H and O–H groups in total. The van der Waals surface area contributed by atoms with Gasteiger partial charge in [-0.2, -0.15) is 4.80 Å². The van der Waals surface area contributed by atoms with Crippen molar-refractivity contribution >= 4 is 0 Å². The summed E-state index contributed by atoms with van der Waals surface area (Å²) in [6, 6.07) is 0. The lowest BCUT2D eigenvalue weighted by molar-refractivity contribution is 0.372. The van der Waals surface area contributed by atoms with E-state index < -0.39 is 0 Å². The number of aromatic nitrogens is 4. The van der Waals surface area contributed by atoms with Crippen LogP contribution in [0.5, 0.6) is 0 Å². The number of nitrogens with zero attached hydrogens (tertiary/aromatic N) is 4. The Balaban J connectivity index is 2.65. The third-order valence-electron chi connectivity index (χ3n) is 1.10. The zero-order valence-electron chi connectivity index (χ0n) is 7.07. The second-order valence-corrected chi connectivity index (χ2v) is 3.36. The van der Waals surface area contributed by atoms with E-state index in [1.54, 1.807) is 6.92 Å². The van der Waals surface area contributed by atoms with Gasteiger partial charge in [0.05, 0.1) is 6.54 Å². The first-order chi connectivity index (χ1) is 4.97. The second-order valence-electron chi connectivity index (χ2n) is 3.36. The van der Waals surface area contributed by atoms with Crippen LogP contribution in [0, 0.1) is 6.92 Å². The Morgan fingerprint density at radius 3 is 2.55 bits per heavy atom. The fourth-order valence-corrected chi connectivity index (χ4v) is 0.755. The first-order valence-electron chi connectivity index (χ1n) is 3.51. The number of hydrogen-bond donors (Lipinski definition) is 1. The molecule has 0 aromatic carbocycles. The molecular formula is C6H13N5. The molecule has 0 spiro atoms. The monoisotopic (exact) mass is 155 g/mol. The molecule has 0 saturated carbocycles. The predicted octanol–water partition coefficient (Wildman–Crippen LogP) is -0.281. The van der Waals surface area contributed by atoms with Gasteiger partial charge < -0.3 is 5.73 Å². The van der Waals surface area contributed by atoms with E-state index in [0.717, 1.165) is 0 Å². The number of aryl methyl sites for hydroxylation is 1. The van der Waals surface area contributed by atoms with Gasteiger partial charge in [-0.1, -0.05) is 0 Å². The van der Waals surface area contributed by atoms with Crippen LogP contribution in [-0.2, 0) is 6.54 Å². The summed E-state index contributed by atoms with van der Waals surface area (Å²) in [6.45, 7) is 6.23. The van der Waals surface area contributed by atoms with Gasteiger partial charge in [-0.05, 0) is 26.0 Å². The highest BCUT2D eigenvalue weighted by atomic mass is 15.6. The summed E-state index contributed by atoms with van der Waals surface area (Å²) >= 11 is 0. The summed E-state index contributed by atoms with van der Waals surface area (Å²) in [7, 11) is 0. The van der Waals surface area contributed by atoms with Gasteiger partial charge in [-0.3, -0.25) is 0 Å². The molecule has 11 heavy (non-hydrogen) atoms. The van der Waals surface area contributed by atoms with Gasteiger partial charge in [0.2, 0.25) is 0 Å². The Kier molecular flexibility index (Phi) is 1.90. The third kappa shape index (κ3) is 2.63. The third-order valence-corrected chi connectivity index (χ3v) is 1.10. The molecule has 5 nitrogen and oxygen atoms in total. The second kappa shape index (κ2) is 2.58. The molecule has 1 heterocycles. The van der Waals surface area contributed by atoms with Crippen LogP contribution in [-0.4, -0.2) is 25.7 Å². The van der Waals surface area contributed by atoms with E-state index in [0.29, 0.717) is 12.4 Å². The SMILES string of the molecule is Cc1nnn(CC(C)(C)N)n1. The predicted molar refractivity (Wildman–Crippen MR) is 40.8 cm³/mol. The fraction of sp³-hybridized carbons (Fsp3) is 0.833. The topological polar surface area (TPSA) is 69.6 Å². The molecule has 0 unspecified atom stereocenters. The maximum atomic E-state index is 5.75. The highest BCUT2D eigenvalue weighted by Crippen LogP contribution is 1.98. The molecule has 5 heteroatoms. The van der Waals surface area contributed by atoms with Gasteiger partial charge in [-0.25, -0.2) is 0 Å². The van der Waals surface area contributed by atoms with Crippen molar-refractivity contribution in [2.45, 2.75) is 32.9 Å². The van der Waals surface area contributed by atoms with Crippen molar-refractivity contribution in [2.24, 2.45) is 5.73 Å². The first kappa shape index (κ1) is 8.13. The number of nitrogens with two attached hydrogens (primary N) is 1. The van der Waals surface area contributed by atoms with Crippen molar-refractivity contribution < 1.29 is 0 Å². The van der Waals surface area contributed by atoms with Crippen LogP contribution < -0.4 is 5.73 Å². The normalized spacial score (nSPS) is 12.0. The molecule has 0 bridgehead atoms. The van der Waals surface area contributed by atoms with Crippen LogP contribution in [0.2, 0.25) is 0 Å². The molecule has 1 rings (SSSR count). The summed E-state index contributed by atoms with van der Waals surface area (Å²) < 4.78 is 0. The van der Waals surface area contributed by atoms with Gasteiger partial charge in [0.1, 0.15) is 0 Å². The summed E-state index contributed by atoms with van der Waals surface area (Å²) in [6.07, 6.45) is 0. The van der Waals surface area contributed by atoms with Gasteiger partial charge in [0, 0.05) is 5.54 Å². The van der Waals surface area contributed by atoms with Crippen LogP contribution in [0.15, 0.2) is 0 Å². The Bertz CT molecular complexity index is 233. The summed E-state index contributed by atoms with van der Waals surface area (Å²) in [4.78, 5) is 1.51. The molecule has 1 aromatic rings. The van der Waals surface area contributed by atoms with E-state index in [1.807, 2.05) is 13.8 Å². The largest absolute Gasteiger partial charge is 0.324 e. The molecule has 0 amide bonds. The minimum atomic E-state index is -0.285. The quantitative estimate of drug-likeness (QED) is 0.637. The van der Waals surface area contributed by atoms with Crippen LogP contribution in [0.4, 0.5) is 0 Å². The summed E-state index contributed by atoms with van der Waals surface area (Å²) in [5, 5.41) is 11.5. The Morgan fingerprint density at radius 1 is 1.55 bits per heavy atom. The van der Waals surface area contributed by atoms with Crippen molar-refractivity contribution in [2.75, 3.05) is 0 Å². The van der Waals surface area contributed by atoms with Gasteiger partial charge in [0.25, 0.3) is 0 Å². The van der Waals surface area contributed by atoms with Crippen LogP contribution >= 0.6 is 0 Å². The van der Waals surface area contributed by atoms with E-state index >= 15 is 0 Å². The summed E-state index contributed by atoms with van der Waals surface area (Å²) in [5.74, 6) is 0.675. The average molecular weight is 155 g/mol. The molecule has 1 aromatic heterocycles. The highest BCUT2D eigenvalue weighted by molar-refractivity contribution is 4.73. The van der Waals surface area contributed by atoms with E-state index in [-0.39, 0.29) is 5.54 Å². The Labute approximate surface area is 65.6 Å². The lowest BCUT2D eigenvalue weighted by Crippen LogP contribution is -2.37. The molecular weight excluding hydrogens is 142 g/mol. The Morgan fingerprint density at radius 2 is 2.18 bits per heavy atom. The van der Waals surface area contributed by atoms with Crippen molar-refractivity contribution in [3.63, 3.8) is 0 Å². The zero-order valence-corrected chi connectivity index (χ0v) is 7.07.